The lowest BCUT2D eigenvalue weighted by molar-refractivity contribution is 0.587. The molecule has 0 saturated heterocycles. The predicted molar refractivity (Wildman–Crippen MR) is 105 cm³/mol. The SMILES string of the molecule is CS(=O)(=O)Nc1cccc2c1CCCN2S(=O)(=O)c1cccc2nsnc12. The highest BCUT2D eigenvalue weighted by Crippen LogP contribution is 2.37. The summed E-state index contributed by atoms with van der Waals surface area (Å²) in [5, 5.41) is 0. The molecule has 0 bridgehead atoms. The van der Waals surface area contributed by atoms with Crippen LogP contribution in [-0.2, 0) is 26.5 Å². The first kappa shape index (κ1) is 18.1. The number of hydrogen-bond acceptors (Lipinski definition) is 7. The second-order valence-corrected chi connectivity index (χ2v) is 10.4. The lowest BCUT2D eigenvalue weighted by atomic mass is 10.0. The number of nitrogens with zero attached hydrogens (tertiary/aromatic N) is 3. The van der Waals surface area contributed by atoms with Gasteiger partial charge in [-0.3, -0.25) is 9.03 Å². The van der Waals surface area contributed by atoms with Crippen LogP contribution in [0.15, 0.2) is 41.3 Å². The van der Waals surface area contributed by atoms with E-state index in [2.05, 4.69) is 13.5 Å². The quantitative estimate of drug-likeness (QED) is 0.688. The smallest absolute Gasteiger partial charge is 0.266 e. The van der Waals surface area contributed by atoms with E-state index in [-0.39, 0.29) is 4.90 Å². The fourth-order valence-electron chi connectivity index (χ4n) is 3.24. The van der Waals surface area contributed by atoms with Crippen molar-refractivity contribution in [3.8, 4) is 0 Å². The van der Waals surface area contributed by atoms with E-state index in [0.29, 0.717) is 47.4 Å². The number of hydrogen-bond donors (Lipinski definition) is 1. The summed E-state index contributed by atoms with van der Waals surface area (Å²) in [6.45, 7) is 0.311. The number of rotatable bonds is 4. The Morgan fingerprint density at radius 2 is 1.85 bits per heavy atom. The molecule has 0 radical (unpaired) electrons. The van der Waals surface area contributed by atoms with Gasteiger partial charge in [0.15, 0.2) is 0 Å². The molecule has 2 aromatic carbocycles. The van der Waals surface area contributed by atoms with Crippen molar-refractivity contribution in [2.75, 3.05) is 21.8 Å². The summed E-state index contributed by atoms with van der Waals surface area (Å²) in [6.07, 6.45) is 2.24. The van der Waals surface area contributed by atoms with Crippen LogP contribution in [0, 0.1) is 0 Å². The normalized spacial score (nSPS) is 14.9. The lowest BCUT2D eigenvalue weighted by Gasteiger charge is -2.31. The Morgan fingerprint density at radius 3 is 2.63 bits per heavy atom. The molecule has 0 fully saturated rings. The van der Waals surface area contributed by atoms with Gasteiger partial charge in [-0.25, -0.2) is 16.8 Å². The van der Waals surface area contributed by atoms with Gasteiger partial charge >= 0.3 is 0 Å². The number of sulfonamides is 2. The first-order valence-electron chi connectivity index (χ1n) is 8.11. The van der Waals surface area contributed by atoms with Crippen LogP contribution in [0.3, 0.4) is 0 Å². The number of anilines is 2. The van der Waals surface area contributed by atoms with Crippen molar-refractivity contribution in [1.29, 1.82) is 0 Å². The maximum absolute atomic E-state index is 13.4. The van der Waals surface area contributed by atoms with Gasteiger partial charge < -0.3 is 0 Å². The Kier molecular flexibility index (Phi) is 4.32. The molecule has 3 aromatic rings. The third kappa shape index (κ3) is 3.26. The van der Waals surface area contributed by atoms with Gasteiger partial charge in [0.05, 0.1) is 29.4 Å². The fourth-order valence-corrected chi connectivity index (χ4v) is 6.12. The Morgan fingerprint density at radius 1 is 1.07 bits per heavy atom. The van der Waals surface area contributed by atoms with Gasteiger partial charge in [-0.2, -0.15) is 8.75 Å². The average molecular weight is 425 g/mol. The van der Waals surface area contributed by atoms with Crippen molar-refractivity contribution in [1.82, 2.24) is 8.75 Å². The minimum absolute atomic E-state index is 0.100. The third-order valence-electron chi connectivity index (χ3n) is 4.32. The fraction of sp³-hybridized carbons (Fsp3) is 0.250. The van der Waals surface area contributed by atoms with Crippen LogP contribution in [0.4, 0.5) is 11.4 Å². The molecule has 0 amide bonds. The molecular weight excluding hydrogens is 408 g/mol. The topological polar surface area (TPSA) is 109 Å². The predicted octanol–water partition coefficient (Wildman–Crippen LogP) is 2.20. The number of fused-ring (bicyclic) bond motifs is 2. The van der Waals surface area contributed by atoms with E-state index in [1.807, 2.05) is 0 Å². The van der Waals surface area contributed by atoms with Gasteiger partial charge in [-0.05, 0) is 37.1 Å². The Balaban J connectivity index is 1.85. The molecule has 8 nitrogen and oxygen atoms in total. The maximum atomic E-state index is 13.4. The summed E-state index contributed by atoms with van der Waals surface area (Å²) in [5.41, 5.74) is 2.44. The van der Waals surface area contributed by atoms with Gasteiger partial charge in [0.1, 0.15) is 15.9 Å². The van der Waals surface area contributed by atoms with Gasteiger partial charge in [0, 0.05) is 12.1 Å². The van der Waals surface area contributed by atoms with E-state index in [1.165, 1.54) is 10.4 Å². The maximum Gasteiger partial charge on any atom is 0.266 e. The highest BCUT2D eigenvalue weighted by Gasteiger charge is 2.32. The molecule has 11 heteroatoms. The van der Waals surface area contributed by atoms with Crippen molar-refractivity contribution >= 4 is 54.2 Å². The zero-order valence-corrected chi connectivity index (χ0v) is 16.7. The second kappa shape index (κ2) is 6.43. The van der Waals surface area contributed by atoms with E-state index in [9.17, 15) is 16.8 Å². The van der Waals surface area contributed by atoms with Crippen molar-refractivity contribution in [3.63, 3.8) is 0 Å². The van der Waals surface area contributed by atoms with Crippen LogP contribution in [0.25, 0.3) is 11.0 Å². The molecule has 1 aromatic heterocycles. The second-order valence-electron chi connectivity index (χ2n) is 6.25. The highest BCUT2D eigenvalue weighted by molar-refractivity contribution is 7.93. The van der Waals surface area contributed by atoms with Crippen molar-refractivity contribution in [3.05, 3.63) is 42.0 Å². The standard InChI is InChI=1S/C16H16N4O4S3/c1-26(21,22)19-12-6-2-8-14-11(12)5-4-10-20(14)27(23,24)15-9-3-7-13-16(15)18-25-17-13/h2-3,6-9,19H,4-5,10H2,1H3. The molecule has 0 unspecified atom stereocenters. The van der Waals surface area contributed by atoms with Crippen LogP contribution < -0.4 is 9.03 Å². The molecule has 27 heavy (non-hydrogen) atoms. The summed E-state index contributed by atoms with van der Waals surface area (Å²) < 4.78 is 62.1. The largest absolute Gasteiger partial charge is 0.283 e. The zero-order valence-electron chi connectivity index (χ0n) is 14.3. The van der Waals surface area contributed by atoms with E-state index in [4.69, 9.17) is 0 Å². The van der Waals surface area contributed by atoms with E-state index < -0.39 is 20.0 Å². The number of aromatic nitrogens is 2. The lowest BCUT2D eigenvalue weighted by Crippen LogP contribution is -2.36. The van der Waals surface area contributed by atoms with Crippen LogP contribution in [0.5, 0.6) is 0 Å². The molecule has 4 rings (SSSR count). The third-order valence-corrected chi connectivity index (χ3v) is 7.30. The van der Waals surface area contributed by atoms with Gasteiger partial charge in [-0.15, -0.1) is 0 Å². The Bertz CT molecular complexity index is 1240. The molecule has 1 N–H and O–H groups in total. The minimum Gasteiger partial charge on any atom is -0.283 e. The molecule has 0 saturated carbocycles. The van der Waals surface area contributed by atoms with Crippen molar-refractivity contribution < 1.29 is 16.8 Å². The van der Waals surface area contributed by atoms with Crippen molar-refractivity contribution in [2.24, 2.45) is 0 Å². The number of benzene rings is 2. The average Bonchev–Trinajstić information content (AvgIpc) is 3.08. The summed E-state index contributed by atoms with van der Waals surface area (Å²) in [6, 6.07) is 9.86. The summed E-state index contributed by atoms with van der Waals surface area (Å²) in [7, 11) is -7.34. The first-order valence-corrected chi connectivity index (χ1v) is 12.2. The zero-order chi connectivity index (χ0) is 19.2. The van der Waals surface area contributed by atoms with Crippen LogP contribution in [0.2, 0.25) is 0 Å². The van der Waals surface area contributed by atoms with E-state index >= 15 is 0 Å². The summed E-state index contributed by atoms with van der Waals surface area (Å²) in [5.74, 6) is 0. The molecule has 0 spiro atoms. The Hall–Kier alpha value is -2.24. The molecule has 0 aliphatic carbocycles. The first-order chi connectivity index (χ1) is 12.8. The monoisotopic (exact) mass is 424 g/mol. The number of nitrogens with one attached hydrogen (secondary N) is 1. The molecule has 142 valence electrons. The van der Waals surface area contributed by atoms with Crippen LogP contribution in [-0.4, -0.2) is 38.4 Å². The molecule has 0 atom stereocenters. The van der Waals surface area contributed by atoms with Crippen molar-refractivity contribution in [2.45, 2.75) is 17.7 Å². The van der Waals surface area contributed by atoms with Gasteiger partial charge in [0.25, 0.3) is 10.0 Å². The van der Waals surface area contributed by atoms with Gasteiger partial charge in [0.2, 0.25) is 10.0 Å². The Labute approximate surface area is 161 Å². The minimum atomic E-state index is -3.87. The van der Waals surface area contributed by atoms with Crippen LogP contribution >= 0.6 is 11.7 Å². The molecule has 1 aliphatic heterocycles. The van der Waals surface area contributed by atoms with Crippen LogP contribution in [0.1, 0.15) is 12.0 Å². The molecule has 2 heterocycles. The highest BCUT2D eigenvalue weighted by atomic mass is 32.2. The van der Waals surface area contributed by atoms with Gasteiger partial charge in [-0.1, -0.05) is 12.1 Å². The summed E-state index contributed by atoms with van der Waals surface area (Å²) in [4.78, 5) is 0.100. The van der Waals surface area contributed by atoms with E-state index in [1.54, 1.807) is 30.3 Å². The molecule has 1 aliphatic rings. The van der Waals surface area contributed by atoms with E-state index in [0.717, 1.165) is 18.0 Å². The summed E-state index contributed by atoms with van der Waals surface area (Å²) >= 11 is 0.965. The molecular formula is C16H16N4O4S3.